The number of hydrogen-bond acceptors (Lipinski definition) is 4. The Morgan fingerprint density at radius 1 is 1.30 bits per heavy atom. The van der Waals surface area contributed by atoms with Crippen molar-refractivity contribution < 1.29 is 9.53 Å². The summed E-state index contributed by atoms with van der Waals surface area (Å²) < 4.78 is 7.42. The third kappa shape index (κ3) is 3.13. The molecule has 0 spiro atoms. The minimum Gasteiger partial charge on any atom is -0.372 e. The summed E-state index contributed by atoms with van der Waals surface area (Å²) in [6, 6.07) is 8.05. The number of carbonyl (C=O) groups excluding carboxylic acids is 1. The number of aryl methyl sites for hydroxylation is 1. The summed E-state index contributed by atoms with van der Waals surface area (Å²) in [6.07, 6.45) is 1.11. The predicted molar refractivity (Wildman–Crippen MR) is 85.8 cm³/mol. The van der Waals surface area contributed by atoms with Crippen LogP contribution in [0.4, 0.5) is 5.69 Å². The summed E-state index contributed by atoms with van der Waals surface area (Å²) >= 11 is 0. The molecule has 1 amide bonds. The molecule has 0 saturated carbocycles. The molecule has 0 atom stereocenters. The van der Waals surface area contributed by atoms with Gasteiger partial charge in [0.15, 0.2) is 0 Å². The van der Waals surface area contributed by atoms with Crippen molar-refractivity contribution >= 4 is 11.6 Å². The zero-order chi connectivity index (χ0) is 15.6. The second-order valence-corrected chi connectivity index (χ2v) is 6.05. The van der Waals surface area contributed by atoms with Gasteiger partial charge >= 0.3 is 0 Å². The van der Waals surface area contributed by atoms with Crippen LogP contribution < -0.4 is 10.6 Å². The lowest BCUT2D eigenvalue weighted by atomic mass is 10.1. The van der Waals surface area contributed by atoms with Gasteiger partial charge in [-0.2, -0.15) is 5.10 Å². The van der Waals surface area contributed by atoms with E-state index in [2.05, 4.69) is 21.8 Å². The van der Waals surface area contributed by atoms with E-state index in [9.17, 15) is 4.79 Å². The number of aromatic nitrogens is 2. The molecule has 0 radical (unpaired) electrons. The Labute approximate surface area is 134 Å². The molecule has 23 heavy (non-hydrogen) atoms. The lowest BCUT2D eigenvalue weighted by Gasteiger charge is -2.13. The van der Waals surface area contributed by atoms with Gasteiger partial charge in [0.25, 0.3) is 0 Å². The Kier molecular flexibility index (Phi) is 3.85. The van der Waals surface area contributed by atoms with Crippen molar-refractivity contribution in [2.75, 3.05) is 11.9 Å². The van der Waals surface area contributed by atoms with Crippen LogP contribution in [0.2, 0.25) is 0 Å². The van der Waals surface area contributed by atoms with E-state index in [0.717, 1.165) is 36.6 Å². The number of nitrogens with zero attached hydrogens (tertiary/aromatic N) is 2. The third-order valence-electron chi connectivity index (χ3n) is 4.33. The van der Waals surface area contributed by atoms with Gasteiger partial charge < -0.3 is 15.4 Å². The molecule has 2 aliphatic heterocycles. The van der Waals surface area contributed by atoms with Gasteiger partial charge in [-0.1, -0.05) is 6.07 Å². The average molecular weight is 312 g/mol. The second kappa shape index (κ2) is 6.14. The van der Waals surface area contributed by atoms with Crippen molar-refractivity contribution in [1.82, 2.24) is 15.1 Å². The first-order chi connectivity index (χ1) is 11.3. The number of hydrogen-bond donors (Lipinski definition) is 2. The number of nitrogens with one attached hydrogen (secondary N) is 2. The summed E-state index contributed by atoms with van der Waals surface area (Å²) in [5, 5.41) is 10.8. The van der Waals surface area contributed by atoms with Crippen molar-refractivity contribution in [3.8, 4) is 0 Å². The molecular weight excluding hydrogens is 292 g/mol. The van der Waals surface area contributed by atoms with Gasteiger partial charge in [-0.3, -0.25) is 9.48 Å². The Bertz CT molecular complexity index is 715. The molecule has 0 unspecified atom stereocenters. The summed E-state index contributed by atoms with van der Waals surface area (Å²) in [5.41, 5.74) is 5.40. The molecule has 2 aromatic rings. The van der Waals surface area contributed by atoms with E-state index in [1.54, 1.807) is 0 Å². The van der Waals surface area contributed by atoms with Gasteiger partial charge in [0.1, 0.15) is 0 Å². The molecule has 120 valence electrons. The van der Waals surface area contributed by atoms with Crippen LogP contribution in [0.15, 0.2) is 24.3 Å². The largest absolute Gasteiger partial charge is 0.372 e. The first-order valence-corrected chi connectivity index (χ1v) is 8.04. The van der Waals surface area contributed by atoms with Crippen LogP contribution in [0.1, 0.15) is 28.9 Å². The smallest absolute Gasteiger partial charge is 0.224 e. The summed E-state index contributed by atoms with van der Waals surface area (Å²) in [5.74, 6) is 0.0213. The molecule has 1 aromatic heterocycles. The van der Waals surface area contributed by atoms with Crippen LogP contribution >= 0.6 is 0 Å². The fourth-order valence-electron chi connectivity index (χ4n) is 3.09. The van der Waals surface area contributed by atoms with E-state index < -0.39 is 0 Å². The van der Waals surface area contributed by atoms with Gasteiger partial charge in [0, 0.05) is 31.6 Å². The molecule has 2 N–H and O–H groups in total. The second-order valence-electron chi connectivity index (χ2n) is 6.05. The Hall–Kier alpha value is -2.18. The molecule has 0 bridgehead atoms. The third-order valence-corrected chi connectivity index (χ3v) is 4.33. The molecule has 0 aliphatic carbocycles. The standard InChI is InChI=1S/C17H20N4O2/c22-17(19-14-2-1-12-10-23-11-13(12)7-14)4-3-15-8-16-9-18-5-6-21(16)20-15/h1-2,7-8,18H,3-6,9-11H2,(H,19,22). The number of amides is 1. The van der Waals surface area contributed by atoms with Crippen LogP contribution in [0.25, 0.3) is 0 Å². The minimum absolute atomic E-state index is 0.0213. The van der Waals surface area contributed by atoms with Crippen LogP contribution in [-0.2, 0) is 42.3 Å². The van der Waals surface area contributed by atoms with E-state index in [1.165, 1.54) is 11.3 Å². The zero-order valence-electron chi connectivity index (χ0n) is 13.0. The molecule has 6 nitrogen and oxygen atoms in total. The van der Waals surface area contributed by atoms with E-state index in [0.29, 0.717) is 26.1 Å². The number of carbonyl (C=O) groups is 1. The first kappa shape index (κ1) is 14.4. The number of fused-ring (bicyclic) bond motifs is 2. The van der Waals surface area contributed by atoms with Gasteiger partial charge in [-0.25, -0.2) is 0 Å². The molecule has 0 fully saturated rings. The molecule has 2 aliphatic rings. The maximum Gasteiger partial charge on any atom is 0.224 e. The number of benzene rings is 1. The molecule has 3 heterocycles. The Morgan fingerprint density at radius 3 is 3.13 bits per heavy atom. The van der Waals surface area contributed by atoms with E-state index in [1.807, 2.05) is 22.9 Å². The Morgan fingerprint density at radius 2 is 2.22 bits per heavy atom. The molecule has 1 aromatic carbocycles. The van der Waals surface area contributed by atoms with Gasteiger partial charge in [-0.15, -0.1) is 0 Å². The van der Waals surface area contributed by atoms with Crippen molar-refractivity contribution in [2.24, 2.45) is 0 Å². The van der Waals surface area contributed by atoms with Crippen molar-refractivity contribution in [2.45, 2.75) is 39.1 Å². The fourth-order valence-corrected chi connectivity index (χ4v) is 3.09. The highest BCUT2D eigenvalue weighted by Gasteiger charge is 2.14. The van der Waals surface area contributed by atoms with E-state index in [4.69, 9.17) is 4.74 Å². The normalized spacial score (nSPS) is 16.0. The topological polar surface area (TPSA) is 68.2 Å². The number of ether oxygens (including phenoxy) is 1. The SMILES string of the molecule is O=C(CCc1cc2n(n1)CCNC2)Nc1ccc2c(c1)COC2. The summed E-state index contributed by atoms with van der Waals surface area (Å²) in [7, 11) is 0. The lowest BCUT2D eigenvalue weighted by molar-refractivity contribution is -0.116. The maximum absolute atomic E-state index is 12.1. The van der Waals surface area contributed by atoms with Crippen molar-refractivity contribution in [3.05, 3.63) is 46.8 Å². The molecule has 0 saturated heterocycles. The summed E-state index contributed by atoms with van der Waals surface area (Å²) in [4.78, 5) is 12.1. The van der Waals surface area contributed by atoms with Gasteiger partial charge in [0.2, 0.25) is 5.91 Å². The van der Waals surface area contributed by atoms with Crippen LogP contribution in [0, 0.1) is 0 Å². The van der Waals surface area contributed by atoms with Gasteiger partial charge in [0.05, 0.1) is 31.1 Å². The highest BCUT2D eigenvalue weighted by molar-refractivity contribution is 5.90. The van der Waals surface area contributed by atoms with Crippen LogP contribution in [0.5, 0.6) is 0 Å². The maximum atomic E-state index is 12.1. The van der Waals surface area contributed by atoms with Crippen molar-refractivity contribution in [1.29, 1.82) is 0 Å². The fraction of sp³-hybridized carbons (Fsp3) is 0.412. The van der Waals surface area contributed by atoms with Crippen molar-refractivity contribution in [3.63, 3.8) is 0 Å². The monoisotopic (exact) mass is 312 g/mol. The highest BCUT2D eigenvalue weighted by atomic mass is 16.5. The van der Waals surface area contributed by atoms with Crippen LogP contribution in [-0.4, -0.2) is 22.2 Å². The predicted octanol–water partition coefficient (Wildman–Crippen LogP) is 1.59. The number of anilines is 1. The lowest BCUT2D eigenvalue weighted by Crippen LogP contribution is -2.28. The molecule has 6 heteroatoms. The van der Waals surface area contributed by atoms with Crippen LogP contribution in [0.3, 0.4) is 0 Å². The Balaban J connectivity index is 1.34. The zero-order valence-corrected chi connectivity index (χ0v) is 13.0. The summed E-state index contributed by atoms with van der Waals surface area (Å²) in [6.45, 7) is 4.02. The average Bonchev–Trinajstić information content (AvgIpc) is 3.18. The quantitative estimate of drug-likeness (QED) is 0.899. The molecular formula is C17H20N4O2. The first-order valence-electron chi connectivity index (χ1n) is 8.04. The molecule has 4 rings (SSSR count). The number of rotatable bonds is 4. The minimum atomic E-state index is 0.0213. The van der Waals surface area contributed by atoms with E-state index in [-0.39, 0.29) is 5.91 Å². The van der Waals surface area contributed by atoms with Gasteiger partial charge in [-0.05, 0) is 29.3 Å². The van der Waals surface area contributed by atoms with E-state index >= 15 is 0 Å². The highest BCUT2D eigenvalue weighted by Crippen LogP contribution is 2.23.